The van der Waals surface area contributed by atoms with Crippen molar-refractivity contribution in [3.05, 3.63) is 36.4 Å². The summed E-state index contributed by atoms with van der Waals surface area (Å²) in [5.41, 5.74) is 1.26. The lowest BCUT2D eigenvalue weighted by Gasteiger charge is -2.18. The molecular formula is C22H24N2O6. The van der Waals surface area contributed by atoms with Gasteiger partial charge in [0.1, 0.15) is 0 Å². The molecule has 4 rings (SSSR count). The third-order valence-corrected chi connectivity index (χ3v) is 5.10. The highest BCUT2D eigenvalue weighted by atomic mass is 16.7. The highest BCUT2D eigenvalue weighted by Crippen LogP contribution is 2.41. The van der Waals surface area contributed by atoms with E-state index in [1.54, 1.807) is 48.4 Å². The second-order valence-electron chi connectivity index (χ2n) is 7.70. The zero-order valence-electron chi connectivity index (χ0n) is 17.4. The normalized spacial score (nSPS) is 19.0. The Kier molecular flexibility index (Phi) is 4.93. The lowest BCUT2D eigenvalue weighted by Crippen LogP contribution is -2.29. The number of hydrogen-bond donors (Lipinski definition) is 1. The van der Waals surface area contributed by atoms with E-state index in [-0.39, 0.29) is 24.8 Å². The molecule has 2 aromatic rings. The van der Waals surface area contributed by atoms with E-state index in [4.69, 9.17) is 18.9 Å². The Hall–Kier alpha value is -3.42. The third-order valence-electron chi connectivity index (χ3n) is 5.10. The van der Waals surface area contributed by atoms with Gasteiger partial charge in [-0.15, -0.1) is 0 Å². The molecule has 0 aromatic heterocycles. The van der Waals surface area contributed by atoms with Crippen molar-refractivity contribution < 1.29 is 28.5 Å². The summed E-state index contributed by atoms with van der Waals surface area (Å²) in [6, 6.07) is 10.5. The number of carbonyl (C=O) groups is 2. The number of benzene rings is 2. The largest absolute Gasteiger partial charge is 0.493 e. The van der Waals surface area contributed by atoms with Gasteiger partial charge in [0.25, 0.3) is 0 Å². The van der Waals surface area contributed by atoms with Gasteiger partial charge in [-0.1, -0.05) is 0 Å². The molecule has 0 bridgehead atoms. The molecule has 1 saturated heterocycles. The number of fused-ring (bicyclic) bond motifs is 1. The van der Waals surface area contributed by atoms with E-state index in [9.17, 15) is 9.59 Å². The number of anilines is 2. The lowest BCUT2D eigenvalue weighted by molar-refractivity contribution is -0.122. The summed E-state index contributed by atoms with van der Waals surface area (Å²) in [4.78, 5) is 26.9. The molecule has 2 aromatic carbocycles. The van der Waals surface area contributed by atoms with Crippen LogP contribution in [0.1, 0.15) is 20.3 Å². The Labute approximate surface area is 174 Å². The highest BCUT2D eigenvalue weighted by Gasteiger charge is 2.36. The number of rotatable bonds is 5. The first-order valence-electron chi connectivity index (χ1n) is 9.65. The summed E-state index contributed by atoms with van der Waals surface area (Å²) in [6.45, 7) is 3.92. The van der Waals surface area contributed by atoms with Crippen LogP contribution in [-0.4, -0.2) is 38.4 Å². The number of carbonyl (C=O) groups excluding carboxylic acids is 2. The van der Waals surface area contributed by atoms with Crippen molar-refractivity contribution in [1.82, 2.24) is 0 Å². The maximum Gasteiger partial charge on any atom is 0.246 e. The summed E-state index contributed by atoms with van der Waals surface area (Å²) in [7, 11) is 3.09. The second kappa shape index (κ2) is 7.44. The van der Waals surface area contributed by atoms with Crippen molar-refractivity contribution in [2.75, 3.05) is 31.0 Å². The van der Waals surface area contributed by atoms with Gasteiger partial charge < -0.3 is 29.2 Å². The molecule has 2 aliphatic rings. The fraction of sp³-hybridized carbons (Fsp3) is 0.364. The molecule has 2 amide bonds. The first-order chi connectivity index (χ1) is 14.3. The minimum absolute atomic E-state index is 0.116. The zero-order valence-corrected chi connectivity index (χ0v) is 17.4. The fourth-order valence-corrected chi connectivity index (χ4v) is 3.67. The van der Waals surface area contributed by atoms with Gasteiger partial charge in [0.15, 0.2) is 23.0 Å². The second-order valence-corrected chi connectivity index (χ2v) is 7.70. The number of amides is 2. The Balaban J connectivity index is 1.45. The van der Waals surface area contributed by atoms with Crippen LogP contribution in [0.3, 0.4) is 0 Å². The molecule has 0 saturated carbocycles. The van der Waals surface area contributed by atoms with Crippen LogP contribution in [0.5, 0.6) is 23.0 Å². The molecule has 0 aliphatic carbocycles. The molecule has 0 radical (unpaired) electrons. The predicted molar refractivity (Wildman–Crippen MR) is 110 cm³/mol. The monoisotopic (exact) mass is 412 g/mol. The molecule has 30 heavy (non-hydrogen) atoms. The molecule has 2 aliphatic heterocycles. The maximum atomic E-state index is 12.8. The van der Waals surface area contributed by atoms with E-state index >= 15 is 0 Å². The molecule has 1 atom stereocenters. The molecule has 8 nitrogen and oxygen atoms in total. The molecule has 1 fully saturated rings. The van der Waals surface area contributed by atoms with Gasteiger partial charge in [0.2, 0.25) is 17.6 Å². The molecular weight excluding hydrogens is 388 g/mol. The van der Waals surface area contributed by atoms with Crippen molar-refractivity contribution in [1.29, 1.82) is 0 Å². The number of methoxy groups -OCH3 is 2. The summed E-state index contributed by atoms with van der Waals surface area (Å²) in [6.07, 6.45) is 0.137. The minimum atomic E-state index is -0.733. The average molecular weight is 412 g/mol. The van der Waals surface area contributed by atoms with Crippen molar-refractivity contribution >= 4 is 23.2 Å². The molecule has 0 spiro atoms. The van der Waals surface area contributed by atoms with Gasteiger partial charge in [-0.25, -0.2) is 0 Å². The molecule has 1 N–H and O–H groups in total. The van der Waals surface area contributed by atoms with E-state index in [2.05, 4.69) is 5.32 Å². The summed E-state index contributed by atoms with van der Waals surface area (Å²) >= 11 is 0. The predicted octanol–water partition coefficient (Wildman–Crippen LogP) is 3.20. The van der Waals surface area contributed by atoms with Crippen molar-refractivity contribution in [3.63, 3.8) is 0 Å². The molecule has 0 unspecified atom stereocenters. The topological polar surface area (TPSA) is 86.3 Å². The minimum Gasteiger partial charge on any atom is -0.493 e. The zero-order chi connectivity index (χ0) is 21.5. The molecule has 2 heterocycles. The Morgan fingerprint density at radius 3 is 2.53 bits per heavy atom. The molecule has 158 valence electrons. The smallest absolute Gasteiger partial charge is 0.246 e. The van der Waals surface area contributed by atoms with E-state index in [1.807, 2.05) is 13.8 Å². The van der Waals surface area contributed by atoms with Crippen molar-refractivity contribution in [3.8, 4) is 23.0 Å². The van der Waals surface area contributed by atoms with Crippen LogP contribution in [0.4, 0.5) is 11.4 Å². The van der Waals surface area contributed by atoms with Gasteiger partial charge in [0, 0.05) is 50.3 Å². The van der Waals surface area contributed by atoms with Crippen LogP contribution < -0.4 is 29.2 Å². The van der Waals surface area contributed by atoms with Crippen LogP contribution in [0, 0.1) is 5.92 Å². The summed E-state index contributed by atoms with van der Waals surface area (Å²) in [5, 5.41) is 2.88. The highest BCUT2D eigenvalue weighted by molar-refractivity contribution is 6.03. The van der Waals surface area contributed by atoms with E-state index in [0.29, 0.717) is 34.4 Å². The van der Waals surface area contributed by atoms with Crippen LogP contribution in [0.2, 0.25) is 0 Å². The Morgan fingerprint density at radius 2 is 1.80 bits per heavy atom. The average Bonchev–Trinajstić information content (AvgIpc) is 3.25. The number of ether oxygens (including phenoxy) is 4. The van der Waals surface area contributed by atoms with Crippen LogP contribution in [0.25, 0.3) is 0 Å². The van der Waals surface area contributed by atoms with Crippen molar-refractivity contribution in [2.45, 2.75) is 26.1 Å². The first-order valence-corrected chi connectivity index (χ1v) is 9.65. The van der Waals surface area contributed by atoms with Crippen molar-refractivity contribution in [2.24, 2.45) is 5.92 Å². The Bertz CT molecular complexity index is 1000. The third kappa shape index (κ3) is 3.72. The number of nitrogens with one attached hydrogen (secondary N) is 1. The lowest BCUT2D eigenvalue weighted by atomic mass is 10.1. The van der Waals surface area contributed by atoms with E-state index in [1.165, 1.54) is 7.11 Å². The van der Waals surface area contributed by atoms with Crippen LogP contribution in [0.15, 0.2) is 36.4 Å². The Morgan fingerprint density at radius 1 is 1.07 bits per heavy atom. The van der Waals surface area contributed by atoms with Gasteiger partial charge in [-0.2, -0.15) is 0 Å². The quantitative estimate of drug-likeness (QED) is 0.812. The summed E-state index contributed by atoms with van der Waals surface area (Å²) < 4.78 is 21.9. The van der Waals surface area contributed by atoms with Gasteiger partial charge in [-0.3, -0.25) is 9.59 Å². The summed E-state index contributed by atoms with van der Waals surface area (Å²) in [5.74, 6) is 0.780. The van der Waals surface area contributed by atoms with Gasteiger partial charge in [-0.05, 0) is 24.3 Å². The van der Waals surface area contributed by atoms with Crippen LogP contribution in [-0.2, 0) is 9.59 Å². The first kappa shape index (κ1) is 19.9. The molecule has 8 heteroatoms. The van der Waals surface area contributed by atoms with Crippen LogP contribution >= 0.6 is 0 Å². The SMILES string of the molecule is COc1ccc(N2C[C@H](C(=O)Nc3ccc4c(c3)OC(C)(C)O4)CC2=O)cc1OC. The van der Waals surface area contributed by atoms with E-state index < -0.39 is 11.7 Å². The maximum absolute atomic E-state index is 12.8. The van der Waals surface area contributed by atoms with E-state index in [0.717, 1.165) is 0 Å². The number of hydrogen-bond acceptors (Lipinski definition) is 6. The fourth-order valence-electron chi connectivity index (χ4n) is 3.67. The van der Waals surface area contributed by atoms with Gasteiger partial charge in [0.05, 0.1) is 20.1 Å². The standard InChI is InChI=1S/C22H24N2O6/c1-22(2)29-17-7-5-14(10-19(17)30-22)23-21(26)13-9-20(25)24(12-13)15-6-8-16(27-3)18(11-15)28-4/h5-8,10-11,13H,9,12H2,1-4H3,(H,23,26)/t13-/m1/s1. The van der Waals surface area contributed by atoms with Gasteiger partial charge >= 0.3 is 0 Å². The number of nitrogens with zero attached hydrogens (tertiary/aromatic N) is 1.